The Bertz CT molecular complexity index is 964. The number of hydrogen-bond acceptors (Lipinski definition) is 4. The van der Waals surface area contributed by atoms with Crippen LogP contribution in [-0.2, 0) is 21.4 Å². The second kappa shape index (κ2) is 9.21. The highest BCUT2D eigenvalue weighted by atomic mass is 35.5. The first-order valence-electron chi connectivity index (χ1n) is 9.30. The van der Waals surface area contributed by atoms with Crippen molar-refractivity contribution in [1.82, 2.24) is 14.5 Å². The molecule has 0 spiro atoms. The third kappa shape index (κ3) is 5.14. The summed E-state index contributed by atoms with van der Waals surface area (Å²) in [5.41, 5.74) is 1.02. The monoisotopic (exact) mass is 439 g/mol. The zero-order valence-electron chi connectivity index (χ0n) is 16.0. The van der Waals surface area contributed by atoms with Crippen molar-refractivity contribution in [3.05, 3.63) is 64.9 Å². The Labute approximate surface area is 175 Å². The van der Waals surface area contributed by atoms with Crippen LogP contribution in [0.2, 0.25) is 5.02 Å². The van der Waals surface area contributed by atoms with Gasteiger partial charge < -0.3 is 5.32 Å². The molecule has 9 heteroatoms. The number of nitrogens with zero attached hydrogens (tertiary/aromatic N) is 2. The predicted octanol–water partition coefficient (Wildman–Crippen LogP) is 2.49. The molecule has 0 aliphatic carbocycles. The van der Waals surface area contributed by atoms with Gasteiger partial charge in [0.2, 0.25) is 15.9 Å². The lowest BCUT2D eigenvalue weighted by Crippen LogP contribution is -2.54. The maximum Gasteiger partial charge on any atom is 0.243 e. The molecule has 6 nitrogen and oxygen atoms in total. The first-order valence-corrected chi connectivity index (χ1v) is 11.1. The van der Waals surface area contributed by atoms with Gasteiger partial charge in [-0.15, -0.1) is 0 Å². The van der Waals surface area contributed by atoms with Crippen molar-refractivity contribution < 1.29 is 17.6 Å². The Balaban J connectivity index is 1.56. The van der Waals surface area contributed by atoms with Gasteiger partial charge in [-0.2, -0.15) is 4.31 Å². The molecule has 1 N–H and O–H groups in total. The van der Waals surface area contributed by atoms with E-state index in [1.807, 2.05) is 42.2 Å². The number of carbonyl (C=O) groups excluding carboxylic acids is 1. The summed E-state index contributed by atoms with van der Waals surface area (Å²) in [6.07, 6.45) is 0. The van der Waals surface area contributed by atoms with Gasteiger partial charge in [0.15, 0.2) is 0 Å². The largest absolute Gasteiger partial charge is 0.351 e. The summed E-state index contributed by atoms with van der Waals surface area (Å²) in [4.78, 5) is 14.4. The molecule has 2 aromatic carbocycles. The van der Waals surface area contributed by atoms with E-state index in [2.05, 4.69) is 5.32 Å². The van der Waals surface area contributed by atoms with Crippen molar-refractivity contribution >= 4 is 27.5 Å². The van der Waals surface area contributed by atoms with E-state index < -0.39 is 15.8 Å². The fraction of sp³-hybridized carbons (Fsp3) is 0.350. The molecule has 1 aliphatic rings. The Hall–Kier alpha value is -2.00. The van der Waals surface area contributed by atoms with Crippen LogP contribution in [0.25, 0.3) is 0 Å². The first kappa shape index (κ1) is 21.7. The van der Waals surface area contributed by atoms with Crippen LogP contribution >= 0.6 is 11.6 Å². The molecule has 1 unspecified atom stereocenters. The Kier molecular flexibility index (Phi) is 6.89. The molecule has 1 amide bonds. The molecule has 1 fully saturated rings. The molecular formula is C20H23ClFN3O3S. The second-order valence-corrected chi connectivity index (χ2v) is 9.24. The van der Waals surface area contributed by atoms with Crippen molar-refractivity contribution in [1.29, 1.82) is 0 Å². The summed E-state index contributed by atoms with van der Waals surface area (Å²) in [6.45, 7) is 3.59. The topological polar surface area (TPSA) is 69.7 Å². The standard InChI is InChI=1S/C20H23ClFN3O3S/c1-15(20(26)23-14-16-5-3-2-4-6-16)24-9-11-25(12-10-24)29(27,28)17-7-8-19(22)18(21)13-17/h2-8,13,15H,9-12,14H2,1H3,(H,23,26). The Morgan fingerprint density at radius 3 is 2.41 bits per heavy atom. The van der Waals surface area contributed by atoms with Crippen LogP contribution in [0.1, 0.15) is 12.5 Å². The number of amides is 1. The average molecular weight is 440 g/mol. The Morgan fingerprint density at radius 2 is 1.79 bits per heavy atom. The average Bonchev–Trinajstić information content (AvgIpc) is 2.74. The molecule has 0 bridgehead atoms. The number of benzene rings is 2. The molecule has 1 aliphatic heterocycles. The van der Waals surface area contributed by atoms with Crippen LogP contribution < -0.4 is 5.32 Å². The minimum atomic E-state index is -3.76. The van der Waals surface area contributed by atoms with Crippen molar-refractivity contribution in [3.63, 3.8) is 0 Å². The van der Waals surface area contributed by atoms with Crippen LogP contribution in [0.15, 0.2) is 53.4 Å². The van der Waals surface area contributed by atoms with Gasteiger partial charge in [-0.05, 0) is 30.7 Å². The summed E-state index contributed by atoms with van der Waals surface area (Å²) in [7, 11) is -3.76. The molecule has 3 rings (SSSR count). The number of carbonyl (C=O) groups is 1. The maximum absolute atomic E-state index is 13.3. The maximum atomic E-state index is 13.3. The van der Waals surface area contributed by atoms with E-state index in [1.54, 1.807) is 0 Å². The molecule has 0 aromatic heterocycles. The van der Waals surface area contributed by atoms with E-state index >= 15 is 0 Å². The molecular weight excluding hydrogens is 417 g/mol. The fourth-order valence-electron chi connectivity index (χ4n) is 3.22. The molecule has 2 aromatic rings. The lowest BCUT2D eigenvalue weighted by atomic mass is 10.2. The molecule has 0 saturated carbocycles. The second-order valence-electron chi connectivity index (χ2n) is 6.90. The van der Waals surface area contributed by atoms with E-state index in [4.69, 9.17) is 11.6 Å². The van der Waals surface area contributed by atoms with Gasteiger partial charge in [0.05, 0.1) is 16.0 Å². The summed E-state index contributed by atoms with van der Waals surface area (Å²) < 4.78 is 40.2. The number of sulfonamides is 1. The summed E-state index contributed by atoms with van der Waals surface area (Å²) in [5.74, 6) is -0.763. The minimum absolute atomic E-state index is 0.0361. The van der Waals surface area contributed by atoms with Crippen LogP contribution in [0, 0.1) is 5.82 Å². The highest BCUT2D eigenvalue weighted by Crippen LogP contribution is 2.23. The van der Waals surface area contributed by atoms with Crippen molar-refractivity contribution in [2.75, 3.05) is 26.2 Å². The van der Waals surface area contributed by atoms with E-state index in [0.29, 0.717) is 19.6 Å². The van der Waals surface area contributed by atoms with Gasteiger partial charge in [-0.25, -0.2) is 12.8 Å². The highest BCUT2D eigenvalue weighted by Gasteiger charge is 2.32. The third-order valence-electron chi connectivity index (χ3n) is 5.04. The Morgan fingerprint density at radius 1 is 1.14 bits per heavy atom. The molecule has 29 heavy (non-hydrogen) atoms. The van der Waals surface area contributed by atoms with Gasteiger partial charge in [-0.1, -0.05) is 41.9 Å². The SMILES string of the molecule is CC(C(=O)NCc1ccccc1)N1CCN(S(=O)(=O)c2ccc(F)c(Cl)c2)CC1. The van der Waals surface area contributed by atoms with E-state index in [1.165, 1.54) is 10.4 Å². The smallest absolute Gasteiger partial charge is 0.243 e. The quantitative estimate of drug-likeness (QED) is 0.750. The number of halogens is 2. The highest BCUT2D eigenvalue weighted by molar-refractivity contribution is 7.89. The van der Waals surface area contributed by atoms with Crippen molar-refractivity contribution in [2.45, 2.75) is 24.4 Å². The van der Waals surface area contributed by atoms with Gasteiger partial charge >= 0.3 is 0 Å². The predicted molar refractivity (Wildman–Crippen MR) is 109 cm³/mol. The molecule has 156 valence electrons. The van der Waals surface area contributed by atoms with Gasteiger partial charge in [0.1, 0.15) is 5.82 Å². The summed E-state index contributed by atoms with van der Waals surface area (Å²) in [6, 6.07) is 12.6. The lowest BCUT2D eigenvalue weighted by Gasteiger charge is -2.36. The molecule has 1 saturated heterocycles. The van der Waals surface area contributed by atoms with Crippen LogP contribution in [0.5, 0.6) is 0 Å². The minimum Gasteiger partial charge on any atom is -0.351 e. The number of hydrogen-bond donors (Lipinski definition) is 1. The molecule has 1 atom stereocenters. The van der Waals surface area contributed by atoms with E-state index in [9.17, 15) is 17.6 Å². The van der Waals surface area contributed by atoms with Gasteiger partial charge in [-0.3, -0.25) is 9.69 Å². The first-order chi connectivity index (χ1) is 13.8. The van der Waals surface area contributed by atoms with Crippen LogP contribution in [0.4, 0.5) is 4.39 Å². The zero-order valence-corrected chi connectivity index (χ0v) is 17.6. The molecule has 0 radical (unpaired) electrons. The van der Waals surface area contributed by atoms with E-state index in [0.717, 1.165) is 17.7 Å². The van der Waals surface area contributed by atoms with Gasteiger partial charge in [0, 0.05) is 32.7 Å². The van der Waals surface area contributed by atoms with E-state index in [-0.39, 0.29) is 35.0 Å². The fourth-order valence-corrected chi connectivity index (χ4v) is 4.91. The number of rotatable bonds is 6. The molecule has 1 heterocycles. The van der Waals surface area contributed by atoms with Crippen LogP contribution in [-0.4, -0.2) is 55.8 Å². The lowest BCUT2D eigenvalue weighted by molar-refractivity contribution is -0.126. The summed E-state index contributed by atoms with van der Waals surface area (Å²) in [5, 5.41) is 2.68. The third-order valence-corrected chi connectivity index (χ3v) is 7.22. The zero-order chi connectivity index (χ0) is 21.0. The van der Waals surface area contributed by atoms with Gasteiger partial charge in [0.25, 0.3) is 0 Å². The van der Waals surface area contributed by atoms with Crippen molar-refractivity contribution in [3.8, 4) is 0 Å². The summed E-state index contributed by atoms with van der Waals surface area (Å²) >= 11 is 5.72. The number of nitrogens with one attached hydrogen (secondary N) is 1. The normalized spacial score (nSPS) is 17.1. The number of piperazine rings is 1. The van der Waals surface area contributed by atoms with Crippen molar-refractivity contribution in [2.24, 2.45) is 0 Å². The van der Waals surface area contributed by atoms with Crippen LogP contribution in [0.3, 0.4) is 0 Å².